The number of likely N-dealkylation sites (N-methyl/N-ethyl adjacent to an activating group) is 1. The molecule has 0 aliphatic rings. The zero-order valence-corrected chi connectivity index (χ0v) is 13.3. The van der Waals surface area contributed by atoms with E-state index in [1.54, 1.807) is 0 Å². The number of nitrogens with zero attached hydrogens (tertiary/aromatic N) is 3. The van der Waals surface area contributed by atoms with E-state index in [0.717, 1.165) is 45.1 Å². The third-order valence-corrected chi connectivity index (χ3v) is 3.43. The van der Waals surface area contributed by atoms with Crippen molar-refractivity contribution in [3.63, 3.8) is 0 Å². The summed E-state index contributed by atoms with van der Waals surface area (Å²) in [4.78, 5) is 2.12. The van der Waals surface area contributed by atoms with Crippen molar-refractivity contribution in [2.45, 2.75) is 20.0 Å². The molecule has 2 rings (SSSR count). The summed E-state index contributed by atoms with van der Waals surface area (Å²) in [7, 11) is 4.10. The number of para-hydroxylation sites is 1. The van der Waals surface area contributed by atoms with Crippen molar-refractivity contribution in [3.8, 4) is 0 Å². The summed E-state index contributed by atoms with van der Waals surface area (Å²) < 4.78 is 7.62. The van der Waals surface area contributed by atoms with Gasteiger partial charge in [-0.1, -0.05) is 18.2 Å². The van der Waals surface area contributed by atoms with Crippen LogP contribution >= 0.6 is 0 Å². The lowest BCUT2D eigenvalue weighted by Gasteiger charge is -2.09. The first-order valence-corrected chi connectivity index (χ1v) is 7.60. The molecule has 0 fully saturated rings. The van der Waals surface area contributed by atoms with Crippen molar-refractivity contribution in [3.05, 3.63) is 30.0 Å². The maximum absolute atomic E-state index is 5.57. The summed E-state index contributed by atoms with van der Waals surface area (Å²) in [6, 6.07) is 8.39. The summed E-state index contributed by atoms with van der Waals surface area (Å²) in [6.45, 7) is 7.13. The number of fused-ring (bicyclic) bond motifs is 1. The van der Waals surface area contributed by atoms with Crippen molar-refractivity contribution < 1.29 is 4.74 Å². The summed E-state index contributed by atoms with van der Waals surface area (Å²) in [5.41, 5.74) is 2.32. The first kappa shape index (κ1) is 15.9. The van der Waals surface area contributed by atoms with E-state index in [4.69, 9.17) is 4.74 Å². The minimum absolute atomic E-state index is 0.736. The lowest BCUT2D eigenvalue weighted by molar-refractivity contribution is 0.119. The Morgan fingerprint density at radius 2 is 2.05 bits per heavy atom. The molecule has 0 saturated carbocycles. The van der Waals surface area contributed by atoms with Gasteiger partial charge in [-0.15, -0.1) is 0 Å². The second-order valence-electron chi connectivity index (χ2n) is 5.37. The van der Waals surface area contributed by atoms with Gasteiger partial charge in [-0.2, -0.15) is 5.10 Å². The predicted octanol–water partition coefficient (Wildman–Crippen LogP) is 1.72. The molecule has 0 radical (unpaired) electrons. The lowest BCUT2D eigenvalue weighted by atomic mass is 10.2. The highest BCUT2D eigenvalue weighted by molar-refractivity contribution is 5.81. The number of ether oxygens (including phenoxy) is 1. The molecule has 21 heavy (non-hydrogen) atoms. The molecule has 1 heterocycles. The van der Waals surface area contributed by atoms with E-state index in [2.05, 4.69) is 65.3 Å². The van der Waals surface area contributed by atoms with E-state index in [0.29, 0.717) is 0 Å². The molecule has 0 aliphatic carbocycles. The standard InChI is InChI=1S/C16H26N4O/c1-4-20-16-8-6-5-7-14(16)15(18-20)13-17-9-11-21-12-10-19(2)3/h5-8,17H,4,9-13H2,1-3H3. The van der Waals surface area contributed by atoms with Crippen molar-refractivity contribution in [1.82, 2.24) is 20.0 Å². The molecule has 0 amide bonds. The highest BCUT2D eigenvalue weighted by Crippen LogP contribution is 2.17. The summed E-state index contributed by atoms with van der Waals surface area (Å²) >= 11 is 0. The van der Waals surface area contributed by atoms with Gasteiger partial charge in [-0.25, -0.2) is 0 Å². The van der Waals surface area contributed by atoms with E-state index < -0.39 is 0 Å². The third-order valence-electron chi connectivity index (χ3n) is 3.43. The zero-order chi connectivity index (χ0) is 15.1. The highest BCUT2D eigenvalue weighted by atomic mass is 16.5. The molecule has 0 bridgehead atoms. The maximum Gasteiger partial charge on any atom is 0.0841 e. The minimum atomic E-state index is 0.736. The molecule has 0 saturated heterocycles. The van der Waals surface area contributed by atoms with Crippen LogP contribution in [0.2, 0.25) is 0 Å². The van der Waals surface area contributed by atoms with E-state index >= 15 is 0 Å². The van der Waals surface area contributed by atoms with Crippen LogP contribution in [0.5, 0.6) is 0 Å². The molecular formula is C16H26N4O. The Morgan fingerprint density at radius 3 is 2.81 bits per heavy atom. The number of aryl methyl sites for hydroxylation is 1. The molecule has 0 aliphatic heterocycles. The monoisotopic (exact) mass is 290 g/mol. The summed E-state index contributed by atoms with van der Waals surface area (Å²) in [5.74, 6) is 0. The van der Waals surface area contributed by atoms with Crippen molar-refractivity contribution in [2.24, 2.45) is 0 Å². The molecular weight excluding hydrogens is 264 g/mol. The quantitative estimate of drug-likeness (QED) is 0.714. The van der Waals surface area contributed by atoms with Crippen LogP contribution in [0.3, 0.4) is 0 Å². The van der Waals surface area contributed by atoms with Crippen LogP contribution < -0.4 is 5.32 Å². The van der Waals surface area contributed by atoms with Crippen LogP contribution in [0.15, 0.2) is 24.3 Å². The molecule has 0 unspecified atom stereocenters. The van der Waals surface area contributed by atoms with Gasteiger partial charge in [0.05, 0.1) is 24.4 Å². The van der Waals surface area contributed by atoms with Crippen LogP contribution in [-0.2, 0) is 17.8 Å². The Morgan fingerprint density at radius 1 is 1.24 bits per heavy atom. The minimum Gasteiger partial charge on any atom is -0.379 e. The van der Waals surface area contributed by atoms with Gasteiger partial charge in [0, 0.05) is 31.6 Å². The van der Waals surface area contributed by atoms with Crippen molar-refractivity contribution in [1.29, 1.82) is 0 Å². The SMILES string of the molecule is CCn1nc(CNCCOCCN(C)C)c2ccccc21. The first-order chi connectivity index (χ1) is 10.2. The van der Waals surface area contributed by atoms with Gasteiger partial charge in [0.15, 0.2) is 0 Å². The molecule has 1 N–H and O–H groups in total. The fraction of sp³-hybridized carbons (Fsp3) is 0.562. The van der Waals surface area contributed by atoms with Gasteiger partial charge < -0.3 is 15.0 Å². The van der Waals surface area contributed by atoms with Gasteiger partial charge in [-0.05, 0) is 27.1 Å². The molecule has 1 aromatic heterocycles. The Balaban J connectivity index is 1.79. The second kappa shape index (κ2) is 8.12. The molecule has 5 nitrogen and oxygen atoms in total. The summed E-state index contributed by atoms with van der Waals surface area (Å²) in [5, 5.41) is 9.31. The third kappa shape index (κ3) is 4.52. The average Bonchev–Trinajstić information content (AvgIpc) is 2.84. The number of nitrogens with one attached hydrogen (secondary N) is 1. The Hall–Kier alpha value is -1.43. The van der Waals surface area contributed by atoms with Gasteiger partial charge in [0.25, 0.3) is 0 Å². The molecule has 1 aromatic carbocycles. The molecule has 0 spiro atoms. The van der Waals surface area contributed by atoms with E-state index in [1.165, 1.54) is 10.9 Å². The number of aromatic nitrogens is 2. The lowest BCUT2D eigenvalue weighted by Crippen LogP contribution is -2.23. The highest BCUT2D eigenvalue weighted by Gasteiger charge is 2.08. The van der Waals surface area contributed by atoms with Gasteiger partial charge in [-0.3, -0.25) is 4.68 Å². The smallest absolute Gasteiger partial charge is 0.0841 e. The van der Waals surface area contributed by atoms with Gasteiger partial charge in [0.2, 0.25) is 0 Å². The number of rotatable bonds is 9. The average molecular weight is 290 g/mol. The zero-order valence-electron chi connectivity index (χ0n) is 13.3. The fourth-order valence-corrected chi connectivity index (χ4v) is 2.27. The number of hydrogen-bond acceptors (Lipinski definition) is 4. The van der Waals surface area contributed by atoms with Crippen LogP contribution in [0.4, 0.5) is 0 Å². The van der Waals surface area contributed by atoms with Crippen LogP contribution in [0.1, 0.15) is 12.6 Å². The largest absolute Gasteiger partial charge is 0.379 e. The maximum atomic E-state index is 5.57. The van der Waals surface area contributed by atoms with Crippen LogP contribution in [0.25, 0.3) is 10.9 Å². The van der Waals surface area contributed by atoms with E-state index in [-0.39, 0.29) is 0 Å². The van der Waals surface area contributed by atoms with Gasteiger partial charge in [0.1, 0.15) is 0 Å². The van der Waals surface area contributed by atoms with Crippen LogP contribution in [0, 0.1) is 0 Å². The predicted molar refractivity (Wildman–Crippen MR) is 86.5 cm³/mol. The van der Waals surface area contributed by atoms with E-state index in [9.17, 15) is 0 Å². The topological polar surface area (TPSA) is 42.3 Å². The Labute approximate surface area is 126 Å². The van der Waals surface area contributed by atoms with Crippen molar-refractivity contribution >= 4 is 10.9 Å². The fourth-order valence-electron chi connectivity index (χ4n) is 2.27. The first-order valence-electron chi connectivity index (χ1n) is 7.60. The molecule has 2 aromatic rings. The summed E-state index contributed by atoms with van der Waals surface area (Å²) in [6.07, 6.45) is 0. The van der Waals surface area contributed by atoms with E-state index in [1.807, 2.05) is 0 Å². The molecule has 116 valence electrons. The molecule has 0 atom stereocenters. The second-order valence-corrected chi connectivity index (χ2v) is 5.37. The van der Waals surface area contributed by atoms with Crippen LogP contribution in [-0.4, -0.2) is 55.1 Å². The molecule has 5 heteroatoms. The Kier molecular flexibility index (Phi) is 6.17. The van der Waals surface area contributed by atoms with Crippen molar-refractivity contribution in [2.75, 3.05) is 40.4 Å². The normalized spacial score (nSPS) is 11.6. The number of hydrogen-bond donors (Lipinski definition) is 1. The Bertz CT molecular complexity index is 550. The van der Waals surface area contributed by atoms with Gasteiger partial charge >= 0.3 is 0 Å². The number of benzene rings is 1.